The fourth-order valence-electron chi connectivity index (χ4n) is 4.47. The molecule has 224 valence electrons. The van der Waals surface area contributed by atoms with Crippen LogP contribution in [0.3, 0.4) is 0 Å². The zero-order chi connectivity index (χ0) is 28.3. The van der Waals surface area contributed by atoms with Crippen LogP contribution < -0.4 is 0 Å². The highest BCUT2D eigenvalue weighted by atomic mass is 28.5. The van der Waals surface area contributed by atoms with Crippen LogP contribution in [-0.2, 0) is 40.1 Å². The first kappa shape index (κ1) is 37.5. The molecule has 0 N–H and O–H groups in total. The van der Waals surface area contributed by atoms with Crippen molar-refractivity contribution in [2.75, 3.05) is 68.1 Å². The lowest BCUT2D eigenvalue weighted by Gasteiger charge is -2.47. The van der Waals surface area contributed by atoms with Gasteiger partial charge < -0.3 is 40.1 Å². The molecule has 9 nitrogen and oxygen atoms in total. The molecule has 4 atom stereocenters. The van der Waals surface area contributed by atoms with Crippen molar-refractivity contribution < 1.29 is 40.1 Å². The zero-order valence-corrected chi connectivity index (χ0v) is 29.6. The maximum Gasteiger partial charge on any atom is 0.331 e. The van der Waals surface area contributed by atoms with E-state index in [1.54, 1.807) is 28.4 Å². The lowest BCUT2D eigenvalue weighted by molar-refractivity contribution is 0.159. The van der Waals surface area contributed by atoms with Crippen LogP contribution >= 0.6 is 0 Å². The Morgan fingerprint density at radius 3 is 0.838 bits per heavy atom. The molecule has 0 aromatic rings. The van der Waals surface area contributed by atoms with Crippen molar-refractivity contribution in [1.82, 2.24) is 0 Å². The van der Waals surface area contributed by atoms with E-state index >= 15 is 0 Å². The quantitative estimate of drug-likeness (QED) is 0.118. The molecule has 0 saturated heterocycles. The normalized spacial score (nSPS) is 18.6. The Balaban J connectivity index is 6.63. The summed E-state index contributed by atoms with van der Waals surface area (Å²) in [6.07, 6.45) is 0. The third kappa shape index (κ3) is 12.7. The first-order chi connectivity index (χ1) is 17.7. The van der Waals surface area contributed by atoms with Crippen molar-refractivity contribution in [3.8, 4) is 0 Å². The number of rotatable bonds is 26. The van der Waals surface area contributed by atoms with E-state index in [1.807, 2.05) is 13.8 Å². The van der Waals surface area contributed by atoms with Crippen LogP contribution in [0.25, 0.3) is 0 Å². The van der Waals surface area contributed by atoms with Crippen LogP contribution in [0.15, 0.2) is 0 Å². The fourth-order valence-corrected chi connectivity index (χ4v) is 25.3. The third-order valence-corrected chi connectivity index (χ3v) is 25.6. The zero-order valence-electron chi connectivity index (χ0n) is 25.6. The van der Waals surface area contributed by atoms with Crippen LogP contribution in [0.5, 0.6) is 0 Å². The van der Waals surface area contributed by atoms with Crippen LogP contribution in [0.2, 0.25) is 48.4 Å². The van der Waals surface area contributed by atoms with Crippen molar-refractivity contribution in [3.63, 3.8) is 0 Å². The van der Waals surface area contributed by atoms with Gasteiger partial charge in [-0.05, 0) is 38.0 Å². The second-order valence-electron chi connectivity index (χ2n) is 9.20. The summed E-state index contributed by atoms with van der Waals surface area (Å²) in [5.74, 6) is 0. The van der Waals surface area contributed by atoms with Gasteiger partial charge in [-0.3, -0.25) is 0 Å². The second kappa shape index (κ2) is 20.4. The van der Waals surface area contributed by atoms with E-state index in [2.05, 4.69) is 27.7 Å². The number of hydrogen-bond acceptors (Lipinski definition) is 9. The molecule has 0 aromatic carbocycles. The number of hydrogen-bond donors (Lipinski definition) is 0. The van der Waals surface area contributed by atoms with E-state index < -0.39 is 34.2 Å². The summed E-state index contributed by atoms with van der Waals surface area (Å²) >= 11 is 0. The Bertz CT molecular complexity index is 522. The van der Waals surface area contributed by atoms with Gasteiger partial charge in [-0.15, -0.1) is 0 Å². The molecule has 0 radical (unpaired) electrons. The van der Waals surface area contributed by atoms with Gasteiger partial charge in [0, 0.05) is 92.3 Å². The first-order valence-electron chi connectivity index (χ1n) is 14.1. The van der Waals surface area contributed by atoms with Gasteiger partial charge in [-0.25, -0.2) is 0 Å². The van der Waals surface area contributed by atoms with Gasteiger partial charge >= 0.3 is 34.2 Å². The predicted molar refractivity (Wildman–Crippen MR) is 158 cm³/mol. The van der Waals surface area contributed by atoms with Crippen molar-refractivity contribution in [2.45, 2.75) is 89.9 Å². The lowest BCUT2D eigenvalue weighted by atomic mass is 10.9. The lowest BCUT2D eigenvalue weighted by Crippen LogP contribution is -2.64. The average Bonchev–Trinajstić information content (AvgIpc) is 2.92. The highest BCUT2D eigenvalue weighted by Gasteiger charge is 2.55. The molecule has 0 rings (SSSR count). The summed E-state index contributed by atoms with van der Waals surface area (Å²) in [7, 11) is -3.94. The molecule has 0 amide bonds. The van der Waals surface area contributed by atoms with Crippen LogP contribution in [0.1, 0.15) is 41.5 Å². The first-order valence-corrected chi connectivity index (χ1v) is 23.0. The molecule has 0 saturated carbocycles. The molecule has 0 aliphatic carbocycles. The van der Waals surface area contributed by atoms with E-state index in [4.69, 9.17) is 40.1 Å². The molecule has 0 aromatic heterocycles. The molecule has 4 unspecified atom stereocenters. The second-order valence-corrected chi connectivity index (χ2v) is 24.3. The Morgan fingerprint density at radius 2 is 0.622 bits per heavy atom. The van der Waals surface area contributed by atoms with E-state index in [9.17, 15) is 0 Å². The predicted octanol–water partition coefficient (Wildman–Crippen LogP) is 5.54. The van der Waals surface area contributed by atoms with Gasteiger partial charge in [-0.2, -0.15) is 0 Å². The molecular formula is C24H58O9Si4. The summed E-state index contributed by atoms with van der Waals surface area (Å²) in [4.78, 5) is 0. The molecule has 0 aliphatic rings. The van der Waals surface area contributed by atoms with Gasteiger partial charge in [0.1, 0.15) is 0 Å². The Morgan fingerprint density at radius 1 is 0.378 bits per heavy atom. The van der Waals surface area contributed by atoms with E-state index in [-0.39, 0.29) is 0 Å². The molecule has 0 aliphatic heterocycles. The minimum Gasteiger partial charge on any atom is -0.415 e. The summed E-state index contributed by atoms with van der Waals surface area (Å²) in [5, 5.41) is 0. The maximum atomic E-state index is 7.40. The molecule has 37 heavy (non-hydrogen) atoms. The van der Waals surface area contributed by atoms with Gasteiger partial charge in [0.05, 0.1) is 0 Å². The van der Waals surface area contributed by atoms with Gasteiger partial charge in [0.2, 0.25) is 0 Å². The molecular weight excluding hydrogens is 545 g/mol. The Kier molecular flexibility index (Phi) is 20.7. The number of methoxy groups -OCH3 is 4. The molecule has 0 bridgehead atoms. The van der Waals surface area contributed by atoms with Crippen molar-refractivity contribution >= 4 is 34.2 Å². The minimum absolute atomic E-state index is 0.564. The third-order valence-electron chi connectivity index (χ3n) is 6.83. The number of ether oxygens (including phenoxy) is 4. The maximum absolute atomic E-state index is 7.40. The summed E-state index contributed by atoms with van der Waals surface area (Å²) in [6.45, 7) is 16.2. The highest BCUT2D eigenvalue weighted by molar-refractivity contribution is 6.90. The molecule has 0 fully saturated rings. The summed E-state index contributed by atoms with van der Waals surface area (Å²) in [5.41, 5.74) is 0. The SMILES string of the molecule is CCO[Si](CC)(CCOC)O[Si](CC)(CCOC)O[Si](CC)(CCOC)O[Si](CC)(CCOC)OCC. The van der Waals surface area contributed by atoms with Gasteiger partial charge in [0.25, 0.3) is 0 Å². The van der Waals surface area contributed by atoms with Gasteiger partial charge in [0.15, 0.2) is 0 Å². The molecule has 0 heterocycles. The van der Waals surface area contributed by atoms with Crippen LogP contribution in [0, 0.1) is 0 Å². The molecule has 0 spiro atoms. The van der Waals surface area contributed by atoms with Crippen molar-refractivity contribution in [1.29, 1.82) is 0 Å². The Labute approximate surface area is 232 Å². The highest BCUT2D eigenvalue weighted by Crippen LogP contribution is 2.37. The summed E-state index contributed by atoms with van der Waals surface area (Å²) < 4.78 is 56.8. The van der Waals surface area contributed by atoms with Crippen molar-refractivity contribution in [2.24, 2.45) is 0 Å². The largest absolute Gasteiger partial charge is 0.415 e. The Hall–Kier alpha value is 0.508. The van der Waals surface area contributed by atoms with Crippen molar-refractivity contribution in [3.05, 3.63) is 0 Å². The monoisotopic (exact) mass is 602 g/mol. The average molecular weight is 603 g/mol. The van der Waals surface area contributed by atoms with Crippen LogP contribution in [-0.4, -0.2) is 102 Å². The van der Waals surface area contributed by atoms with E-state index in [0.717, 1.165) is 36.3 Å². The fraction of sp³-hybridized carbons (Fsp3) is 1.00. The smallest absolute Gasteiger partial charge is 0.331 e. The standard InChI is InChI=1S/C24H58O9Si4/c1-11-29-34(13-3,21-17-25-7)31-36(15-5,23-19-27-9)33-37(16-6,24-20-28-10)32-35(14-4,30-12-2)22-18-26-8/h11-24H2,1-10H3. The van der Waals surface area contributed by atoms with Gasteiger partial charge in [-0.1, -0.05) is 27.7 Å². The van der Waals surface area contributed by atoms with E-state index in [0.29, 0.717) is 51.7 Å². The topological polar surface area (TPSA) is 83.1 Å². The molecule has 13 heteroatoms. The summed E-state index contributed by atoms with van der Waals surface area (Å²) in [6, 6.07) is 6.18. The minimum atomic E-state index is -2.83. The van der Waals surface area contributed by atoms with Crippen LogP contribution in [0.4, 0.5) is 0 Å². The van der Waals surface area contributed by atoms with E-state index in [1.165, 1.54) is 0 Å².